The van der Waals surface area contributed by atoms with Gasteiger partial charge in [-0.05, 0) is 26.3 Å². The lowest BCUT2D eigenvalue weighted by Crippen LogP contribution is -2.37. The average Bonchev–Trinajstić information content (AvgIpc) is 2.42. The molecule has 1 aliphatic heterocycles. The highest BCUT2D eigenvalue weighted by molar-refractivity contribution is 6.13. The second-order valence-corrected chi connectivity index (χ2v) is 6.34. The summed E-state index contributed by atoms with van der Waals surface area (Å²) >= 11 is 0. The highest BCUT2D eigenvalue weighted by Gasteiger charge is 2.32. The summed E-state index contributed by atoms with van der Waals surface area (Å²) in [6.07, 6.45) is 1.91. The molecule has 1 atom stereocenters. The summed E-state index contributed by atoms with van der Waals surface area (Å²) in [4.78, 5) is 18.4. The van der Waals surface area contributed by atoms with E-state index in [-0.39, 0.29) is 23.2 Å². The van der Waals surface area contributed by atoms with Crippen LogP contribution in [0.2, 0.25) is 0 Å². The molecule has 0 aromatic heterocycles. The smallest absolute Gasteiger partial charge is 0.259 e. The van der Waals surface area contributed by atoms with Crippen molar-refractivity contribution in [3.8, 4) is 0 Å². The molecule has 1 aromatic rings. The number of hydrogen-bond donors (Lipinski definition) is 1. The molecule has 21 heavy (non-hydrogen) atoms. The Bertz CT molecular complexity index is 583. The number of benzene rings is 1. The molecule has 112 valence electrons. The zero-order valence-electron chi connectivity index (χ0n) is 13.0. The van der Waals surface area contributed by atoms with Gasteiger partial charge in [0.2, 0.25) is 0 Å². The van der Waals surface area contributed by atoms with E-state index in [4.69, 9.17) is 0 Å². The maximum atomic E-state index is 12.5. The quantitative estimate of drug-likeness (QED) is 0.848. The molecular formula is C17H22N2O2. The van der Waals surface area contributed by atoms with Gasteiger partial charge in [0.25, 0.3) is 5.91 Å². The minimum atomic E-state index is -0.275. The highest BCUT2D eigenvalue weighted by Crippen LogP contribution is 2.32. The van der Waals surface area contributed by atoms with Crippen molar-refractivity contribution in [1.82, 2.24) is 4.90 Å². The second kappa shape index (κ2) is 5.72. The first-order chi connectivity index (χ1) is 9.79. The lowest BCUT2D eigenvalue weighted by molar-refractivity contribution is -0.128. The molecule has 0 bridgehead atoms. The average molecular weight is 286 g/mol. The van der Waals surface area contributed by atoms with Gasteiger partial charge in [0, 0.05) is 19.7 Å². The van der Waals surface area contributed by atoms with Crippen LogP contribution in [-0.4, -0.2) is 34.7 Å². The van der Waals surface area contributed by atoms with Crippen molar-refractivity contribution in [1.29, 1.82) is 0 Å². The summed E-state index contributed by atoms with van der Waals surface area (Å²) in [5.41, 5.74) is 1.04. The number of aliphatic imine (C=N–C) groups is 1. The zero-order chi connectivity index (χ0) is 15.6. The fourth-order valence-electron chi connectivity index (χ4n) is 2.29. The molecule has 0 saturated heterocycles. The molecular weight excluding hydrogens is 264 g/mol. The van der Waals surface area contributed by atoms with Crippen molar-refractivity contribution >= 4 is 12.1 Å². The molecule has 0 saturated carbocycles. The summed E-state index contributed by atoms with van der Waals surface area (Å²) in [5.74, 6) is -0.0828. The topological polar surface area (TPSA) is 52.9 Å². The monoisotopic (exact) mass is 286 g/mol. The molecule has 0 spiro atoms. The maximum absolute atomic E-state index is 12.5. The van der Waals surface area contributed by atoms with Gasteiger partial charge in [-0.3, -0.25) is 9.79 Å². The Morgan fingerprint density at radius 3 is 2.48 bits per heavy atom. The van der Waals surface area contributed by atoms with Crippen molar-refractivity contribution in [2.75, 3.05) is 7.05 Å². The largest absolute Gasteiger partial charge is 0.511 e. The molecule has 0 radical (unpaired) electrons. The van der Waals surface area contributed by atoms with Gasteiger partial charge in [-0.1, -0.05) is 30.3 Å². The Balaban J connectivity index is 2.31. The SMILES string of the molecule is CN1C(=O)C(C=NC(C)(C)C)=C(O)CC1c1ccccc1. The van der Waals surface area contributed by atoms with Gasteiger partial charge in [0.05, 0.1) is 17.2 Å². The van der Waals surface area contributed by atoms with Gasteiger partial charge in [0.15, 0.2) is 0 Å². The Labute approximate surface area is 125 Å². The molecule has 1 N–H and O–H groups in total. The van der Waals surface area contributed by atoms with Crippen LogP contribution >= 0.6 is 0 Å². The molecule has 2 rings (SSSR count). The van der Waals surface area contributed by atoms with Gasteiger partial charge in [0.1, 0.15) is 5.76 Å². The Morgan fingerprint density at radius 2 is 1.90 bits per heavy atom. The third-order valence-electron chi connectivity index (χ3n) is 3.48. The molecule has 1 heterocycles. The number of carbonyl (C=O) groups excluding carboxylic acids is 1. The number of amides is 1. The van der Waals surface area contributed by atoms with E-state index in [0.29, 0.717) is 12.0 Å². The van der Waals surface area contributed by atoms with Gasteiger partial charge >= 0.3 is 0 Å². The lowest BCUT2D eigenvalue weighted by atomic mass is 9.95. The molecule has 0 fully saturated rings. The first-order valence-corrected chi connectivity index (χ1v) is 7.09. The van der Waals surface area contributed by atoms with E-state index in [2.05, 4.69) is 4.99 Å². The Kier molecular flexibility index (Phi) is 4.16. The van der Waals surface area contributed by atoms with Crippen LogP contribution in [0.5, 0.6) is 0 Å². The van der Waals surface area contributed by atoms with E-state index in [1.165, 1.54) is 6.21 Å². The third kappa shape index (κ3) is 3.51. The predicted molar refractivity (Wildman–Crippen MR) is 84.5 cm³/mol. The predicted octanol–water partition coefficient (Wildman–Crippen LogP) is 3.27. The van der Waals surface area contributed by atoms with Gasteiger partial charge < -0.3 is 10.0 Å². The molecule has 1 unspecified atom stereocenters. The first-order valence-electron chi connectivity index (χ1n) is 7.09. The maximum Gasteiger partial charge on any atom is 0.259 e. The normalized spacial score (nSPS) is 20.5. The van der Waals surface area contributed by atoms with Gasteiger partial charge in [-0.25, -0.2) is 0 Å². The third-order valence-corrected chi connectivity index (χ3v) is 3.48. The van der Waals surface area contributed by atoms with Crippen LogP contribution in [0.15, 0.2) is 46.7 Å². The van der Waals surface area contributed by atoms with E-state index in [9.17, 15) is 9.90 Å². The van der Waals surface area contributed by atoms with E-state index in [1.54, 1.807) is 11.9 Å². The summed E-state index contributed by atoms with van der Waals surface area (Å²) in [6, 6.07) is 9.61. The van der Waals surface area contributed by atoms with E-state index < -0.39 is 0 Å². The first kappa shape index (κ1) is 15.3. The summed E-state index contributed by atoms with van der Waals surface area (Å²) in [7, 11) is 1.76. The van der Waals surface area contributed by atoms with E-state index >= 15 is 0 Å². The fourth-order valence-corrected chi connectivity index (χ4v) is 2.29. The minimum absolute atomic E-state index is 0.111. The summed E-state index contributed by atoms with van der Waals surface area (Å²) in [5, 5.41) is 10.2. The number of hydrogen-bond acceptors (Lipinski definition) is 3. The molecule has 4 heteroatoms. The molecule has 4 nitrogen and oxygen atoms in total. The van der Waals surface area contributed by atoms with Crippen LogP contribution in [0.3, 0.4) is 0 Å². The summed E-state index contributed by atoms with van der Waals surface area (Å²) < 4.78 is 0. The summed E-state index contributed by atoms with van der Waals surface area (Å²) in [6.45, 7) is 5.85. The van der Waals surface area contributed by atoms with Crippen molar-refractivity contribution in [2.45, 2.75) is 38.8 Å². The minimum Gasteiger partial charge on any atom is -0.511 e. The van der Waals surface area contributed by atoms with Crippen LogP contribution in [0.25, 0.3) is 0 Å². The standard InChI is InChI=1S/C17H22N2O2/c1-17(2,3)18-11-13-15(20)10-14(19(4)16(13)21)12-8-6-5-7-9-12/h5-9,11,14,20H,10H2,1-4H3. The molecule has 1 aromatic carbocycles. The zero-order valence-corrected chi connectivity index (χ0v) is 13.0. The number of likely N-dealkylation sites (N-methyl/N-ethyl adjacent to an activating group) is 1. The van der Waals surface area contributed by atoms with E-state index in [0.717, 1.165) is 5.56 Å². The fraction of sp³-hybridized carbons (Fsp3) is 0.412. The van der Waals surface area contributed by atoms with Crippen molar-refractivity contribution < 1.29 is 9.90 Å². The highest BCUT2D eigenvalue weighted by atomic mass is 16.3. The van der Waals surface area contributed by atoms with Crippen LogP contribution in [0, 0.1) is 0 Å². The van der Waals surface area contributed by atoms with Crippen molar-refractivity contribution in [2.24, 2.45) is 4.99 Å². The number of aliphatic hydroxyl groups excluding tert-OH is 1. The Morgan fingerprint density at radius 1 is 1.29 bits per heavy atom. The van der Waals surface area contributed by atoms with Crippen LogP contribution < -0.4 is 0 Å². The number of rotatable bonds is 2. The van der Waals surface area contributed by atoms with E-state index in [1.807, 2.05) is 51.1 Å². The Hall–Kier alpha value is -2.10. The van der Waals surface area contributed by atoms with Crippen LogP contribution in [0.1, 0.15) is 38.8 Å². The molecule has 1 aliphatic rings. The molecule has 1 amide bonds. The molecule has 0 aliphatic carbocycles. The van der Waals surface area contributed by atoms with Crippen molar-refractivity contribution in [3.63, 3.8) is 0 Å². The lowest BCUT2D eigenvalue weighted by Gasteiger charge is -2.33. The van der Waals surface area contributed by atoms with Crippen LogP contribution in [-0.2, 0) is 4.79 Å². The number of nitrogens with zero attached hydrogens (tertiary/aromatic N) is 2. The second-order valence-electron chi connectivity index (χ2n) is 6.34. The number of aliphatic hydroxyl groups is 1. The van der Waals surface area contributed by atoms with Crippen LogP contribution in [0.4, 0.5) is 0 Å². The number of carbonyl (C=O) groups is 1. The van der Waals surface area contributed by atoms with Crippen molar-refractivity contribution in [3.05, 3.63) is 47.2 Å². The van der Waals surface area contributed by atoms with Gasteiger partial charge in [-0.15, -0.1) is 0 Å². The van der Waals surface area contributed by atoms with Gasteiger partial charge in [-0.2, -0.15) is 0 Å².